The molecule has 2 aliphatic rings. The zero-order valence-corrected chi connectivity index (χ0v) is 12.9. The van der Waals surface area contributed by atoms with E-state index in [-0.39, 0.29) is 24.8 Å². The normalized spacial score (nSPS) is 16.1. The van der Waals surface area contributed by atoms with E-state index in [1.165, 1.54) is 12.8 Å². The number of allylic oxidation sites excluding steroid dienone is 8. The molecule has 16 heavy (non-hydrogen) atoms. The van der Waals surface area contributed by atoms with Crippen LogP contribution in [0.15, 0.2) is 44.2 Å². The summed E-state index contributed by atoms with van der Waals surface area (Å²) in [7, 11) is 0. The van der Waals surface area contributed by atoms with Gasteiger partial charge in [0.15, 0.2) is 0 Å². The predicted octanol–water partition coefficient (Wildman–Crippen LogP) is 4.35. The van der Waals surface area contributed by atoms with Crippen molar-refractivity contribution in [1.29, 1.82) is 0 Å². The van der Waals surface area contributed by atoms with Crippen LogP contribution in [0.1, 0.15) is 26.7 Å². The fourth-order valence-electron chi connectivity index (χ4n) is 2.11. The van der Waals surface area contributed by atoms with E-state index in [4.69, 9.17) is 0 Å². The maximum absolute atomic E-state index is 2.35. The molecule has 0 aliphatic heterocycles. The molecule has 0 atom stereocenters. The first-order chi connectivity index (χ1) is 6.79. The summed E-state index contributed by atoms with van der Waals surface area (Å²) in [4.78, 5) is 0. The Balaban J connectivity index is 0.00000112. The zero-order chi connectivity index (χ0) is 9.97. The van der Waals surface area contributed by atoms with Gasteiger partial charge in [-0.05, 0) is 0 Å². The van der Waals surface area contributed by atoms with E-state index in [0.29, 0.717) is 0 Å². The van der Waals surface area contributed by atoms with Crippen molar-refractivity contribution < 1.29 is 17.4 Å². The molecule has 0 bridgehead atoms. The molecule has 0 unspecified atom stereocenters. The number of hydrogen-bond acceptors (Lipinski definition) is 0. The first-order valence-corrected chi connectivity index (χ1v) is 7.53. The first-order valence-electron chi connectivity index (χ1n) is 5.18. The molecule has 0 nitrogen and oxygen atoms in total. The van der Waals surface area contributed by atoms with Gasteiger partial charge in [0.1, 0.15) is 0 Å². The molecule has 2 aliphatic carbocycles. The molecule has 0 heterocycles. The minimum atomic E-state index is -1.19. The van der Waals surface area contributed by atoms with Gasteiger partial charge < -0.3 is 0 Å². The van der Waals surface area contributed by atoms with Crippen molar-refractivity contribution in [2.45, 2.75) is 26.7 Å². The van der Waals surface area contributed by atoms with Crippen molar-refractivity contribution in [3.8, 4) is 0 Å². The van der Waals surface area contributed by atoms with Gasteiger partial charge in [0.25, 0.3) is 0 Å². The maximum Gasteiger partial charge on any atom is -0.147 e. The molecule has 0 fully saturated rings. The van der Waals surface area contributed by atoms with Gasteiger partial charge in [0.2, 0.25) is 0 Å². The molecule has 0 saturated heterocycles. The molecule has 3 heteroatoms. The topological polar surface area (TPSA) is 0 Å². The van der Waals surface area contributed by atoms with Gasteiger partial charge in [-0.2, -0.15) is 0 Å². The van der Waals surface area contributed by atoms with Gasteiger partial charge in [0.05, 0.1) is 0 Å². The fourth-order valence-corrected chi connectivity index (χ4v) is 6.59. The third-order valence-electron chi connectivity index (χ3n) is 2.68. The van der Waals surface area contributed by atoms with Gasteiger partial charge in [-0.25, -0.2) is 0 Å². The van der Waals surface area contributed by atoms with E-state index in [0.717, 1.165) is 0 Å². The van der Waals surface area contributed by atoms with Gasteiger partial charge in [0, 0.05) is 0 Å². The minimum absolute atomic E-state index is 0. The monoisotopic (exact) mass is 292 g/mol. The third kappa shape index (κ3) is 3.56. The Hall–Kier alpha value is 0.124. The average molecular weight is 293 g/mol. The molecule has 2 rings (SSSR count). The second-order valence-corrected chi connectivity index (χ2v) is 8.76. The Morgan fingerprint density at radius 2 is 1.38 bits per heavy atom. The van der Waals surface area contributed by atoms with Crippen molar-refractivity contribution in [3.63, 3.8) is 0 Å². The van der Waals surface area contributed by atoms with Crippen LogP contribution in [0.2, 0.25) is 0 Å². The molecular formula is C13H18Cl2Ti. The average Bonchev–Trinajstić information content (AvgIpc) is 2.75. The van der Waals surface area contributed by atoms with Crippen LogP contribution in [0.4, 0.5) is 0 Å². The Bertz CT molecular complexity index is 362. The molecule has 0 aromatic carbocycles. The van der Waals surface area contributed by atoms with Crippen molar-refractivity contribution in [2.75, 3.05) is 0 Å². The van der Waals surface area contributed by atoms with Gasteiger partial charge in [-0.1, -0.05) is 0 Å². The predicted molar refractivity (Wildman–Crippen MR) is 74.5 cm³/mol. The summed E-state index contributed by atoms with van der Waals surface area (Å²) in [6.45, 7) is 4.63. The summed E-state index contributed by atoms with van der Waals surface area (Å²) in [5, 5.41) is 0. The molecular weight excluding hydrogens is 275 g/mol. The second-order valence-electron chi connectivity index (χ2n) is 4.02. The summed E-state index contributed by atoms with van der Waals surface area (Å²) < 4.78 is 5.12. The van der Waals surface area contributed by atoms with Crippen LogP contribution >= 0.6 is 24.8 Å². The number of halogens is 2. The minimum Gasteiger partial charge on any atom is -0.147 e. The Labute approximate surface area is 116 Å². The van der Waals surface area contributed by atoms with Crippen molar-refractivity contribution in [2.24, 2.45) is 0 Å². The molecule has 0 saturated carbocycles. The Morgan fingerprint density at radius 3 is 1.62 bits per heavy atom. The standard InChI is InChI=1S/2C5H5.C3H6.2ClH.Ti/c2*1-2-4-5-3-1;1-3-2;;;/h2*1-3H,4H2;1-2H3;2*1H;. The van der Waals surface area contributed by atoms with Crippen molar-refractivity contribution >= 4 is 28.6 Å². The van der Waals surface area contributed by atoms with E-state index >= 15 is 0 Å². The first kappa shape index (κ1) is 16.1. The van der Waals surface area contributed by atoms with Crippen LogP contribution in [0.3, 0.4) is 0 Å². The van der Waals surface area contributed by atoms with Gasteiger partial charge >= 0.3 is 92.1 Å². The summed E-state index contributed by atoms with van der Waals surface area (Å²) >= 11 is -1.19. The van der Waals surface area contributed by atoms with Crippen LogP contribution in [-0.2, 0) is 17.4 Å². The van der Waals surface area contributed by atoms with Gasteiger partial charge in [-0.3, -0.25) is 0 Å². The maximum atomic E-state index is 2.35. The summed E-state index contributed by atoms with van der Waals surface area (Å²) in [6.07, 6.45) is 16.1. The summed E-state index contributed by atoms with van der Waals surface area (Å²) in [6, 6.07) is 0. The molecule has 0 amide bonds. The van der Waals surface area contributed by atoms with Crippen LogP contribution in [0.25, 0.3) is 0 Å². The smallest absolute Gasteiger partial charge is 0.147 e. The zero-order valence-electron chi connectivity index (χ0n) is 9.69. The number of hydrogen-bond donors (Lipinski definition) is 0. The van der Waals surface area contributed by atoms with Crippen LogP contribution < -0.4 is 0 Å². The van der Waals surface area contributed by atoms with E-state index in [1.54, 1.807) is 11.6 Å². The van der Waals surface area contributed by atoms with Crippen molar-refractivity contribution in [3.05, 3.63) is 44.2 Å². The van der Waals surface area contributed by atoms with E-state index < -0.39 is 17.4 Å². The van der Waals surface area contributed by atoms with Crippen molar-refractivity contribution in [1.82, 2.24) is 0 Å². The quantitative estimate of drug-likeness (QED) is 0.664. The molecule has 0 radical (unpaired) electrons. The molecule has 0 spiro atoms. The summed E-state index contributed by atoms with van der Waals surface area (Å²) in [5.41, 5.74) is 0. The Morgan fingerprint density at radius 1 is 0.938 bits per heavy atom. The largest absolute Gasteiger partial charge is 0.147 e. The van der Waals surface area contributed by atoms with E-state index in [1.807, 2.05) is 0 Å². The fraction of sp³-hybridized carbons (Fsp3) is 0.308. The number of rotatable bonds is 2. The molecule has 0 aromatic heterocycles. The molecule has 0 N–H and O–H groups in total. The van der Waals surface area contributed by atoms with Crippen LogP contribution in [0, 0.1) is 0 Å². The van der Waals surface area contributed by atoms with E-state index in [2.05, 4.69) is 50.3 Å². The van der Waals surface area contributed by atoms with Crippen LogP contribution in [-0.4, -0.2) is 3.81 Å². The van der Waals surface area contributed by atoms with E-state index in [9.17, 15) is 0 Å². The van der Waals surface area contributed by atoms with Crippen LogP contribution in [0.5, 0.6) is 0 Å². The molecule has 0 aromatic rings. The Kier molecular flexibility index (Phi) is 7.51. The third-order valence-corrected chi connectivity index (χ3v) is 7.41. The second kappa shape index (κ2) is 7.45. The van der Waals surface area contributed by atoms with Gasteiger partial charge in [-0.15, -0.1) is 24.8 Å². The SMILES string of the molecule is C[C](C)=[Ti]([C]1=CC=CC1)[C]1=CC=CC1.Cl.Cl. The molecule has 88 valence electrons. The summed E-state index contributed by atoms with van der Waals surface area (Å²) in [5.74, 6) is 0.